The number of fused-ring (bicyclic) bond motifs is 1. The van der Waals surface area contributed by atoms with Gasteiger partial charge in [0.15, 0.2) is 0 Å². The molecule has 0 atom stereocenters. The standard InChI is InChI=1S/C21H16N4O2S/c26-20(23-13-14-6-5-11-22-12-14)15-7-1-3-9-17(15)24-21(27)19-16-8-2-4-10-18(16)28-25-19/h1-12H,13H2,(H,23,26)(H,24,27). The van der Waals surface area contributed by atoms with E-state index in [0.717, 1.165) is 15.6 Å². The molecule has 0 aliphatic carbocycles. The van der Waals surface area contributed by atoms with Gasteiger partial charge in [-0.15, -0.1) is 0 Å². The summed E-state index contributed by atoms with van der Waals surface area (Å²) in [7, 11) is 0. The fourth-order valence-corrected chi connectivity index (χ4v) is 3.57. The molecule has 4 aromatic rings. The van der Waals surface area contributed by atoms with Crippen LogP contribution in [0.1, 0.15) is 26.4 Å². The Balaban J connectivity index is 1.52. The highest BCUT2D eigenvalue weighted by molar-refractivity contribution is 7.13. The van der Waals surface area contributed by atoms with E-state index in [9.17, 15) is 9.59 Å². The van der Waals surface area contributed by atoms with Crippen molar-refractivity contribution < 1.29 is 9.59 Å². The third-order valence-corrected chi connectivity index (χ3v) is 5.01. The maximum atomic E-state index is 12.7. The minimum atomic E-state index is -0.343. The maximum Gasteiger partial charge on any atom is 0.276 e. The molecule has 2 amide bonds. The summed E-state index contributed by atoms with van der Waals surface area (Å²) in [5, 5.41) is 6.46. The normalized spacial score (nSPS) is 10.6. The Hall–Kier alpha value is -3.58. The first-order valence-electron chi connectivity index (χ1n) is 8.64. The Morgan fingerprint density at radius 1 is 0.929 bits per heavy atom. The Morgan fingerprint density at radius 2 is 1.75 bits per heavy atom. The molecule has 0 unspecified atom stereocenters. The van der Waals surface area contributed by atoms with Crippen LogP contribution in [0.3, 0.4) is 0 Å². The molecule has 6 nitrogen and oxygen atoms in total. The van der Waals surface area contributed by atoms with E-state index < -0.39 is 0 Å². The minimum Gasteiger partial charge on any atom is -0.348 e. The lowest BCUT2D eigenvalue weighted by Crippen LogP contribution is -2.25. The van der Waals surface area contributed by atoms with Gasteiger partial charge in [0.25, 0.3) is 11.8 Å². The molecular formula is C21H16N4O2S. The predicted molar refractivity (Wildman–Crippen MR) is 109 cm³/mol. The van der Waals surface area contributed by atoms with Gasteiger partial charge in [-0.3, -0.25) is 14.6 Å². The lowest BCUT2D eigenvalue weighted by Gasteiger charge is -2.11. The van der Waals surface area contributed by atoms with Crippen molar-refractivity contribution in [1.82, 2.24) is 14.7 Å². The van der Waals surface area contributed by atoms with E-state index >= 15 is 0 Å². The number of nitrogens with one attached hydrogen (secondary N) is 2. The number of benzene rings is 2. The van der Waals surface area contributed by atoms with Gasteiger partial charge in [-0.05, 0) is 41.4 Å². The summed E-state index contributed by atoms with van der Waals surface area (Å²) in [5.74, 6) is -0.618. The van der Waals surface area contributed by atoms with Gasteiger partial charge in [0.05, 0.1) is 16.0 Å². The van der Waals surface area contributed by atoms with Crippen molar-refractivity contribution >= 4 is 39.1 Å². The number of hydrogen-bond donors (Lipinski definition) is 2. The number of amides is 2. The molecule has 0 bridgehead atoms. The Kier molecular flexibility index (Phi) is 5.07. The molecule has 0 saturated heterocycles. The molecule has 0 aliphatic heterocycles. The lowest BCUT2D eigenvalue weighted by atomic mass is 10.1. The van der Waals surface area contributed by atoms with Gasteiger partial charge in [-0.2, -0.15) is 4.37 Å². The van der Waals surface area contributed by atoms with Crippen LogP contribution >= 0.6 is 11.5 Å². The molecule has 28 heavy (non-hydrogen) atoms. The van der Waals surface area contributed by atoms with E-state index in [2.05, 4.69) is 20.0 Å². The van der Waals surface area contributed by atoms with Crippen LogP contribution in [0, 0.1) is 0 Å². The number of para-hydroxylation sites is 1. The van der Waals surface area contributed by atoms with Gasteiger partial charge in [-0.25, -0.2) is 0 Å². The number of anilines is 1. The van der Waals surface area contributed by atoms with Crippen LogP contribution in [0.2, 0.25) is 0 Å². The van der Waals surface area contributed by atoms with Gasteiger partial charge in [0.1, 0.15) is 5.69 Å². The summed E-state index contributed by atoms with van der Waals surface area (Å²) in [4.78, 5) is 29.4. The van der Waals surface area contributed by atoms with Gasteiger partial charge in [0.2, 0.25) is 0 Å². The fraction of sp³-hybridized carbons (Fsp3) is 0.0476. The second-order valence-corrected chi connectivity index (χ2v) is 6.88. The highest BCUT2D eigenvalue weighted by Gasteiger charge is 2.17. The molecule has 2 heterocycles. The number of carbonyl (C=O) groups excluding carboxylic acids is 2. The topological polar surface area (TPSA) is 84.0 Å². The van der Waals surface area contributed by atoms with E-state index in [1.165, 1.54) is 11.5 Å². The van der Waals surface area contributed by atoms with Crippen molar-refractivity contribution in [3.63, 3.8) is 0 Å². The second kappa shape index (κ2) is 7.98. The molecule has 138 valence electrons. The number of rotatable bonds is 5. The monoisotopic (exact) mass is 388 g/mol. The van der Waals surface area contributed by atoms with Crippen molar-refractivity contribution in [2.45, 2.75) is 6.54 Å². The van der Waals surface area contributed by atoms with Gasteiger partial charge in [0, 0.05) is 24.3 Å². The molecule has 0 fully saturated rings. The smallest absolute Gasteiger partial charge is 0.276 e. The van der Waals surface area contributed by atoms with Crippen LogP contribution in [0.25, 0.3) is 10.1 Å². The number of pyridine rings is 1. The van der Waals surface area contributed by atoms with Crippen LogP contribution in [-0.4, -0.2) is 21.2 Å². The third kappa shape index (κ3) is 3.74. The van der Waals surface area contributed by atoms with E-state index in [0.29, 0.717) is 23.5 Å². The molecule has 2 aromatic heterocycles. The first kappa shape index (κ1) is 17.8. The van der Waals surface area contributed by atoms with Crippen molar-refractivity contribution in [3.05, 3.63) is 89.9 Å². The molecule has 0 aliphatic rings. The summed E-state index contributed by atoms with van der Waals surface area (Å²) < 4.78 is 5.20. The Morgan fingerprint density at radius 3 is 2.61 bits per heavy atom. The number of nitrogens with zero attached hydrogens (tertiary/aromatic N) is 2. The number of carbonyl (C=O) groups is 2. The number of aromatic nitrogens is 2. The van der Waals surface area contributed by atoms with Crippen LogP contribution in [0.15, 0.2) is 73.1 Å². The summed E-state index contributed by atoms with van der Waals surface area (Å²) in [5.41, 5.74) is 2.07. The largest absolute Gasteiger partial charge is 0.348 e. The third-order valence-electron chi connectivity index (χ3n) is 4.19. The van der Waals surface area contributed by atoms with E-state index in [1.54, 1.807) is 36.7 Å². The predicted octanol–water partition coefficient (Wildman–Crippen LogP) is 3.87. The van der Waals surface area contributed by atoms with E-state index in [1.807, 2.05) is 36.4 Å². The van der Waals surface area contributed by atoms with Crippen LogP contribution in [0.4, 0.5) is 5.69 Å². The molecule has 2 aromatic carbocycles. The fourth-order valence-electron chi connectivity index (χ4n) is 2.80. The first-order chi connectivity index (χ1) is 13.7. The highest BCUT2D eigenvalue weighted by Crippen LogP contribution is 2.24. The zero-order valence-corrected chi connectivity index (χ0v) is 15.6. The van der Waals surface area contributed by atoms with E-state index in [4.69, 9.17) is 0 Å². The Bertz CT molecular complexity index is 1140. The molecule has 4 rings (SSSR count). The maximum absolute atomic E-state index is 12.7. The van der Waals surface area contributed by atoms with Gasteiger partial charge in [-0.1, -0.05) is 36.4 Å². The van der Waals surface area contributed by atoms with Crippen LogP contribution < -0.4 is 10.6 Å². The van der Waals surface area contributed by atoms with Gasteiger partial charge >= 0.3 is 0 Å². The van der Waals surface area contributed by atoms with Crippen molar-refractivity contribution in [3.8, 4) is 0 Å². The average Bonchev–Trinajstić information content (AvgIpc) is 3.17. The average molecular weight is 388 g/mol. The minimum absolute atomic E-state index is 0.275. The molecule has 0 spiro atoms. The SMILES string of the molecule is O=C(NCc1cccnc1)c1ccccc1NC(=O)c1nsc2ccccc12. The van der Waals surface area contributed by atoms with E-state index in [-0.39, 0.29) is 11.8 Å². The molecule has 0 saturated carbocycles. The van der Waals surface area contributed by atoms with Gasteiger partial charge < -0.3 is 10.6 Å². The lowest BCUT2D eigenvalue weighted by molar-refractivity contribution is 0.0951. The quantitative estimate of drug-likeness (QED) is 0.544. The zero-order chi connectivity index (χ0) is 19.3. The summed E-state index contributed by atoms with van der Waals surface area (Å²) in [6.07, 6.45) is 3.37. The second-order valence-electron chi connectivity index (χ2n) is 6.07. The molecule has 7 heteroatoms. The Labute approximate surface area is 165 Å². The summed E-state index contributed by atoms with van der Waals surface area (Å²) in [6.45, 7) is 0.353. The summed E-state index contributed by atoms with van der Waals surface area (Å²) >= 11 is 1.27. The van der Waals surface area contributed by atoms with Crippen molar-refractivity contribution in [2.75, 3.05) is 5.32 Å². The van der Waals surface area contributed by atoms with Crippen molar-refractivity contribution in [1.29, 1.82) is 0 Å². The molecule has 0 radical (unpaired) electrons. The summed E-state index contributed by atoms with van der Waals surface area (Å²) in [6, 6.07) is 18.2. The van der Waals surface area contributed by atoms with Crippen LogP contribution in [0.5, 0.6) is 0 Å². The van der Waals surface area contributed by atoms with Crippen LogP contribution in [-0.2, 0) is 6.54 Å². The first-order valence-corrected chi connectivity index (χ1v) is 9.41. The van der Waals surface area contributed by atoms with Crippen molar-refractivity contribution in [2.24, 2.45) is 0 Å². The highest BCUT2D eigenvalue weighted by atomic mass is 32.1. The molecular weight excluding hydrogens is 372 g/mol. The zero-order valence-electron chi connectivity index (χ0n) is 14.8. The molecule has 2 N–H and O–H groups in total. The number of hydrogen-bond acceptors (Lipinski definition) is 5.